The maximum atomic E-state index is 12.4. The zero-order valence-electron chi connectivity index (χ0n) is 15.8. The van der Waals surface area contributed by atoms with Crippen molar-refractivity contribution in [3.8, 4) is 22.1 Å². The molecule has 0 aliphatic heterocycles. The van der Waals surface area contributed by atoms with E-state index >= 15 is 0 Å². The van der Waals surface area contributed by atoms with Crippen LogP contribution in [0.15, 0.2) is 60.0 Å². The molecule has 0 unspecified atom stereocenters. The van der Waals surface area contributed by atoms with Crippen LogP contribution in [-0.2, 0) is 4.74 Å². The van der Waals surface area contributed by atoms with Crippen LogP contribution in [0.3, 0.4) is 0 Å². The standard InChI is InChI=1S/C22H21NO4S/c1-25-12-13-27-19-9-6-16(7-10-19)21(24)11-8-18-15-28-22(23-18)17-4-3-5-20(14-17)26-2/h3-11,14-15H,12-13H2,1-2H3/b11-8+. The van der Waals surface area contributed by atoms with E-state index in [4.69, 9.17) is 14.2 Å². The summed E-state index contributed by atoms with van der Waals surface area (Å²) in [4.78, 5) is 16.9. The van der Waals surface area contributed by atoms with Crippen molar-refractivity contribution in [3.63, 3.8) is 0 Å². The molecule has 0 aliphatic rings. The van der Waals surface area contributed by atoms with Crippen molar-refractivity contribution >= 4 is 23.2 Å². The normalized spacial score (nSPS) is 10.9. The highest BCUT2D eigenvalue weighted by Crippen LogP contribution is 2.27. The lowest BCUT2D eigenvalue weighted by atomic mass is 10.1. The summed E-state index contributed by atoms with van der Waals surface area (Å²) in [5.74, 6) is 1.41. The number of allylic oxidation sites excluding steroid dienone is 1. The van der Waals surface area contributed by atoms with E-state index in [1.165, 1.54) is 17.4 Å². The molecule has 5 nitrogen and oxygen atoms in total. The number of hydrogen-bond donors (Lipinski definition) is 0. The lowest BCUT2D eigenvalue weighted by Crippen LogP contribution is -2.04. The average molecular weight is 395 g/mol. The van der Waals surface area contributed by atoms with Crippen molar-refractivity contribution in [3.05, 3.63) is 71.2 Å². The first-order valence-electron chi connectivity index (χ1n) is 8.74. The van der Waals surface area contributed by atoms with Crippen molar-refractivity contribution in [2.75, 3.05) is 27.4 Å². The molecule has 0 aliphatic carbocycles. The van der Waals surface area contributed by atoms with Crippen LogP contribution in [0.1, 0.15) is 16.1 Å². The van der Waals surface area contributed by atoms with Gasteiger partial charge in [-0.05, 0) is 48.6 Å². The summed E-state index contributed by atoms with van der Waals surface area (Å²) in [7, 11) is 3.26. The first-order valence-corrected chi connectivity index (χ1v) is 9.62. The van der Waals surface area contributed by atoms with E-state index in [1.54, 1.807) is 44.6 Å². The smallest absolute Gasteiger partial charge is 0.185 e. The van der Waals surface area contributed by atoms with Crippen molar-refractivity contribution in [2.45, 2.75) is 0 Å². The summed E-state index contributed by atoms with van der Waals surface area (Å²) < 4.78 is 15.7. The number of thiazole rings is 1. The van der Waals surface area contributed by atoms with E-state index in [0.717, 1.165) is 22.0 Å². The molecule has 3 aromatic rings. The number of rotatable bonds is 9. The highest BCUT2D eigenvalue weighted by atomic mass is 32.1. The number of hydrogen-bond acceptors (Lipinski definition) is 6. The fourth-order valence-corrected chi connectivity index (χ4v) is 3.25. The number of ketones is 1. The molecule has 0 spiro atoms. The Hall–Kier alpha value is -2.96. The molecular formula is C22H21NO4S. The molecule has 3 rings (SSSR count). The van der Waals surface area contributed by atoms with E-state index in [2.05, 4.69) is 4.98 Å². The fourth-order valence-electron chi connectivity index (χ4n) is 2.47. The molecule has 0 N–H and O–H groups in total. The third kappa shape index (κ3) is 5.28. The number of ether oxygens (including phenoxy) is 3. The third-order valence-electron chi connectivity index (χ3n) is 3.94. The fraction of sp³-hybridized carbons (Fsp3) is 0.182. The summed E-state index contributed by atoms with van der Waals surface area (Å²) >= 11 is 1.52. The molecule has 0 saturated heterocycles. The van der Waals surface area contributed by atoms with Gasteiger partial charge < -0.3 is 14.2 Å². The summed E-state index contributed by atoms with van der Waals surface area (Å²) in [5, 5.41) is 2.80. The van der Waals surface area contributed by atoms with Crippen LogP contribution in [0.5, 0.6) is 11.5 Å². The second kappa shape index (κ2) is 9.82. The largest absolute Gasteiger partial charge is 0.497 e. The highest BCUT2D eigenvalue weighted by molar-refractivity contribution is 7.13. The summed E-state index contributed by atoms with van der Waals surface area (Å²) in [6.45, 7) is 0.998. The van der Waals surface area contributed by atoms with Gasteiger partial charge in [-0.2, -0.15) is 0 Å². The summed E-state index contributed by atoms with van der Waals surface area (Å²) in [6, 6.07) is 14.8. The van der Waals surface area contributed by atoms with Gasteiger partial charge in [0.2, 0.25) is 0 Å². The molecule has 1 aromatic heterocycles. The van der Waals surface area contributed by atoms with Gasteiger partial charge in [0.1, 0.15) is 23.1 Å². The van der Waals surface area contributed by atoms with Crippen molar-refractivity contribution in [2.24, 2.45) is 0 Å². The Labute approximate surface area is 168 Å². The Morgan fingerprint density at radius 2 is 1.89 bits per heavy atom. The minimum Gasteiger partial charge on any atom is -0.497 e. The van der Waals surface area contributed by atoms with E-state index in [1.807, 2.05) is 29.6 Å². The molecule has 0 atom stereocenters. The van der Waals surface area contributed by atoms with Crippen LogP contribution in [0, 0.1) is 0 Å². The molecule has 0 saturated carbocycles. The second-order valence-corrected chi connectivity index (χ2v) is 6.73. The van der Waals surface area contributed by atoms with Crippen molar-refractivity contribution < 1.29 is 19.0 Å². The zero-order valence-corrected chi connectivity index (χ0v) is 16.6. The first-order chi connectivity index (χ1) is 13.7. The highest BCUT2D eigenvalue weighted by Gasteiger charge is 2.06. The molecular weight excluding hydrogens is 374 g/mol. The zero-order chi connectivity index (χ0) is 19.8. The second-order valence-electron chi connectivity index (χ2n) is 5.87. The lowest BCUT2D eigenvalue weighted by Gasteiger charge is -2.05. The van der Waals surface area contributed by atoms with Crippen LogP contribution >= 0.6 is 11.3 Å². The third-order valence-corrected chi connectivity index (χ3v) is 4.85. The molecule has 2 aromatic carbocycles. The molecule has 144 valence electrons. The topological polar surface area (TPSA) is 57.7 Å². The maximum absolute atomic E-state index is 12.4. The van der Waals surface area contributed by atoms with Crippen LogP contribution in [-0.4, -0.2) is 38.2 Å². The van der Waals surface area contributed by atoms with Gasteiger partial charge in [-0.1, -0.05) is 12.1 Å². The number of benzene rings is 2. The van der Waals surface area contributed by atoms with Crippen LogP contribution in [0.25, 0.3) is 16.6 Å². The van der Waals surface area contributed by atoms with E-state index in [-0.39, 0.29) is 5.78 Å². The van der Waals surface area contributed by atoms with Crippen LogP contribution in [0.4, 0.5) is 0 Å². The molecule has 0 amide bonds. The van der Waals surface area contributed by atoms with Gasteiger partial charge in [0, 0.05) is 23.6 Å². The minimum absolute atomic E-state index is 0.0839. The van der Waals surface area contributed by atoms with E-state index < -0.39 is 0 Å². The first kappa shape index (κ1) is 19.8. The van der Waals surface area contributed by atoms with Crippen molar-refractivity contribution in [1.29, 1.82) is 0 Å². The van der Waals surface area contributed by atoms with Gasteiger partial charge >= 0.3 is 0 Å². The number of carbonyl (C=O) groups is 1. The SMILES string of the molecule is COCCOc1ccc(C(=O)/C=C/c2csc(-c3cccc(OC)c3)n2)cc1. The van der Waals surface area contributed by atoms with Gasteiger partial charge in [0.15, 0.2) is 5.78 Å². The number of methoxy groups -OCH3 is 2. The predicted molar refractivity (Wildman–Crippen MR) is 111 cm³/mol. The molecule has 6 heteroatoms. The van der Waals surface area contributed by atoms with Crippen LogP contribution in [0.2, 0.25) is 0 Å². The number of carbonyl (C=O) groups excluding carboxylic acids is 1. The Bertz CT molecular complexity index is 947. The lowest BCUT2D eigenvalue weighted by molar-refractivity contribution is 0.104. The predicted octanol–water partition coefficient (Wildman–Crippen LogP) is 4.74. The van der Waals surface area contributed by atoms with Gasteiger partial charge in [-0.3, -0.25) is 4.79 Å². The molecule has 1 heterocycles. The molecule has 0 fully saturated rings. The molecule has 0 bridgehead atoms. The Balaban J connectivity index is 1.63. The Morgan fingerprint density at radius 1 is 1.07 bits per heavy atom. The number of nitrogens with zero attached hydrogens (tertiary/aromatic N) is 1. The van der Waals surface area contributed by atoms with Gasteiger partial charge in [0.05, 0.1) is 19.4 Å². The maximum Gasteiger partial charge on any atom is 0.185 e. The van der Waals surface area contributed by atoms with Crippen LogP contribution < -0.4 is 9.47 Å². The average Bonchev–Trinajstić information content (AvgIpc) is 3.22. The quantitative estimate of drug-likeness (QED) is 0.298. The Kier molecular flexibility index (Phi) is 6.94. The monoisotopic (exact) mass is 395 g/mol. The van der Waals surface area contributed by atoms with E-state index in [0.29, 0.717) is 24.5 Å². The van der Waals surface area contributed by atoms with E-state index in [9.17, 15) is 4.79 Å². The number of aromatic nitrogens is 1. The summed E-state index contributed by atoms with van der Waals surface area (Å²) in [6.07, 6.45) is 3.26. The molecule has 28 heavy (non-hydrogen) atoms. The molecule has 0 radical (unpaired) electrons. The van der Waals surface area contributed by atoms with Crippen molar-refractivity contribution in [1.82, 2.24) is 4.98 Å². The Morgan fingerprint density at radius 3 is 2.64 bits per heavy atom. The van der Waals surface area contributed by atoms with Gasteiger partial charge in [0.25, 0.3) is 0 Å². The van der Waals surface area contributed by atoms with Gasteiger partial charge in [-0.25, -0.2) is 4.98 Å². The summed E-state index contributed by atoms with van der Waals surface area (Å²) in [5.41, 5.74) is 2.33. The minimum atomic E-state index is -0.0839. The van der Waals surface area contributed by atoms with Gasteiger partial charge in [-0.15, -0.1) is 11.3 Å².